The lowest BCUT2D eigenvalue weighted by Crippen LogP contribution is -2.39. The van der Waals surface area contributed by atoms with E-state index in [1.807, 2.05) is 16.9 Å². The SMILES string of the molecule is CCN(CC)CCN(C(=O)c1ccn(C(C)C)n1)c1nc2c(C)cccc2s1. The molecule has 0 unspecified atom stereocenters. The van der Waals surface area contributed by atoms with Crippen molar-refractivity contribution in [2.45, 2.75) is 40.7 Å². The molecular formula is C21H29N5OS. The van der Waals surface area contributed by atoms with Gasteiger partial charge >= 0.3 is 0 Å². The van der Waals surface area contributed by atoms with Crippen molar-refractivity contribution in [3.05, 3.63) is 41.7 Å². The molecule has 0 spiro atoms. The van der Waals surface area contributed by atoms with Gasteiger partial charge in [0.1, 0.15) is 0 Å². The molecule has 0 saturated carbocycles. The Kier molecular flexibility index (Phi) is 6.46. The molecule has 0 saturated heterocycles. The van der Waals surface area contributed by atoms with Crippen LogP contribution in [-0.2, 0) is 0 Å². The maximum absolute atomic E-state index is 13.3. The average molecular weight is 400 g/mol. The zero-order valence-electron chi connectivity index (χ0n) is 17.3. The van der Waals surface area contributed by atoms with E-state index in [1.165, 1.54) is 0 Å². The van der Waals surface area contributed by atoms with Crippen molar-refractivity contribution in [3.8, 4) is 0 Å². The zero-order valence-corrected chi connectivity index (χ0v) is 18.2. The smallest absolute Gasteiger partial charge is 0.280 e. The molecule has 28 heavy (non-hydrogen) atoms. The maximum Gasteiger partial charge on any atom is 0.280 e. The van der Waals surface area contributed by atoms with Gasteiger partial charge in [-0.15, -0.1) is 0 Å². The number of amides is 1. The number of anilines is 1. The number of likely N-dealkylation sites (N-methyl/N-ethyl adjacent to an activating group) is 1. The Morgan fingerprint density at radius 1 is 1.18 bits per heavy atom. The Morgan fingerprint density at radius 2 is 1.93 bits per heavy atom. The van der Waals surface area contributed by atoms with E-state index in [0.717, 1.165) is 40.5 Å². The van der Waals surface area contributed by atoms with Crippen molar-refractivity contribution in [3.63, 3.8) is 0 Å². The number of hydrogen-bond acceptors (Lipinski definition) is 5. The third kappa shape index (κ3) is 4.25. The highest BCUT2D eigenvalue weighted by Gasteiger charge is 2.24. The second-order valence-electron chi connectivity index (χ2n) is 7.18. The molecule has 0 atom stereocenters. The van der Waals surface area contributed by atoms with Crippen LogP contribution in [0.15, 0.2) is 30.5 Å². The largest absolute Gasteiger partial charge is 0.302 e. The van der Waals surface area contributed by atoms with E-state index in [2.05, 4.69) is 56.8 Å². The summed E-state index contributed by atoms with van der Waals surface area (Å²) in [6.07, 6.45) is 1.86. The van der Waals surface area contributed by atoms with Gasteiger partial charge in [0, 0.05) is 25.3 Å². The lowest BCUT2D eigenvalue weighted by atomic mass is 10.2. The van der Waals surface area contributed by atoms with Crippen LogP contribution in [0.4, 0.5) is 5.13 Å². The average Bonchev–Trinajstić information content (AvgIpc) is 3.33. The van der Waals surface area contributed by atoms with Crippen LogP contribution in [0.5, 0.6) is 0 Å². The molecule has 1 aromatic carbocycles. The Hall–Kier alpha value is -2.25. The molecular weight excluding hydrogens is 370 g/mol. The summed E-state index contributed by atoms with van der Waals surface area (Å²) in [6, 6.07) is 8.16. The van der Waals surface area contributed by atoms with E-state index in [0.29, 0.717) is 12.2 Å². The number of hydrogen-bond donors (Lipinski definition) is 0. The molecule has 6 nitrogen and oxygen atoms in total. The first kappa shape index (κ1) is 20.5. The fourth-order valence-corrected chi connectivity index (χ4v) is 4.20. The number of carbonyl (C=O) groups excluding carboxylic acids is 1. The number of carbonyl (C=O) groups is 1. The molecule has 1 amide bonds. The van der Waals surface area contributed by atoms with Crippen molar-refractivity contribution in [2.75, 3.05) is 31.1 Å². The lowest BCUT2D eigenvalue weighted by molar-refractivity contribution is 0.0978. The summed E-state index contributed by atoms with van der Waals surface area (Å²) in [6.45, 7) is 13.7. The normalized spacial score (nSPS) is 11.7. The molecule has 150 valence electrons. The first-order chi connectivity index (χ1) is 13.4. The minimum absolute atomic E-state index is 0.0942. The van der Waals surface area contributed by atoms with Gasteiger partial charge in [0.2, 0.25) is 0 Å². The van der Waals surface area contributed by atoms with E-state index in [4.69, 9.17) is 4.98 Å². The van der Waals surface area contributed by atoms with Crippen molar-refractivity contribution in [2.24, 2.45) is 0 Å². The first-order valence-corrected chi connectivity index (χ1v) is 10.7. The molecule has 3 aromatic rings. The van der Waals surface area contributed by atoms with Gasteiger partial charge in [-0.2, -0.15) is 5.10 Å². The standard InChI is InChI=1S/C21H29N5OS/c1-6-24(7-2)13-14-25(20(27)17-11-12-26(23-17)15(3)4)21-22-19-16(5)9-8-10-18(19)28-21/h8-12,15H,6-7,13-14H2,1-5H3. The van der Waals surface area contributed by atoms with E-state index >= 15 is 0 Å². The highest BCUT2D eigenvalue weighted by Crippen LogP contribution is 2.31. The van der Waals surface area contributed by atoms with Gasteiger partial charge in [0.05, 0.1) is 10.2 Å². The van der Waals surface area contributed by atoms with Gasteiger partial charge in [-0.3, -0.25) is 14.4 Å². The number of para-hydroxylation sites is 1. The number of thiazole rings is 1. The molecule has 7 heteroatoms. The number of rotatable bonds is 8. The predicted octanol–water partition coefficient (Wildman–Crippen LogP) is 4.37. The Morgan fingerprint density at radius 3 is 2.54 bits per heavy atom. The number of aryl methyl sites for hydroxylation is 1. The molecule has 0 bridgehead atoms. The number of aromatic nitrogens is 3. The van der Waals surface area contributed by atoms with Crippen LogP contribution in [0.1, 0.15) is 49.8 Å². The van der Waals surface area contributed by atoms with Gasteiger partial charge in [-0.1, -0.05) is 37.3 Å². The van der Waals surface area contributed by atoms with Crippen LogP contribution in [0, 0.1) is 6.92 Å². The number of nitrogens with zero attached hydrogens (tertiary/aromatic N) is 5. The Balaban J connectivity index is 1.95. The van der Waals surface area contributed by atoms with Gasteiger partial charge in [-0.05, 0) is 51.6 Å². The predicted molar refractivity (Wildman–Crippen MR) is 116 cm³/mol. The maximum atomic E-state index is 13.3. The molecule has 3 rings (SSSR count). The molecule has 0 aliphatic rings. The van der Waals surface area contributed by atoms with Crippen molar-refractivity contribution in [1.82, 2.24) is 19.7 Å². The van der Waals surface area contributed by atoms with Gasteiger partial charge in [0.15, 0.2) is 10.8 Å². The van der Waals surface area contributed by atoms with E-state index in [9.17, 15) is 4.79 Å². The molecule has 2 aromatic heterocycles. The van der Waals surface area contributed by atoms with Crippen LogP contribution in [-0.4, -0.2) is 51.8 Å². The third-order valence-electron chi connectivity index (χ3n) is 4.98. The van der Waals surface area contributed by atoms with E-state index in [1.54, 1.807) is 22.3 Å². The van der Waals surface area contributed by atoms with Crippen LogP contribution in [0.2, 0.25) is 0 Å². The summed E-state index contributed by atoms with van der Waals surface area (Å²) >= 11 is 1.56. The van der Waals surface area contributed by atoms with Crippen molar-refractivity contribution < 1.29 is 4.79 Å². The van der Waals surface area contributed by atoms with E-state index in [-0.39, 0.29) is 11.9 Å². The second kappa shape index (κ2) is 8.84. The lowest BCUT2D eigenvalue weighted by Gasteiger charge is -2.24. The van der Waals surface area contributed by atoms with Gasteiger partial charge < -0.3 is 4.90 Å². The van der Waals surface area contributed by atoms with Crippen LogP contribution in [0.25, 0.3) is 10.2 Å². The van der Waals surface area contributed by atoms with Crippen molar-refractivity contribution >= 4 is 32.6 Å². The Bertz CT molecular complexity index is 941. The number of benzene rings is 1. The summed E-state index contributed by atoms with van der Waals surface area (Å²) in [7, 11) is 0. The van der Waals surface area contributed by atoms with Crippen LogP contribution < -0.4 is 4.90 Å². The fraction of sp³-hybridized carbons (Fsp3) is 0.476. The van der Waals surface area contributed by atoms with Gasteiger partial charge in [-0.25, -0.2) is 4.98 Å². The van der Waals surface area contributed by atoms with Crippen LogP contribution >= 0.6 is 11.3 Å². The second-order valence-corrected chi connectivity index (χ2v) is 8.19. The summed E-state index contributed by atoms with van der Waals surface area (Å²) in [5.41, 5.74) is 2.56. The summed E-state index contributed by atoms with van der Waals surface area (Å²) in [5, 5.41) is 5.22. The molecule has 0 N–H and O–H groups in total. The highest BCUT2D eigenvalue weighted by atomic mass is 32.1. The van der Waals surface area contributed by atoms with E-state index < -0.39 is 0 Å². The quantitative estimate of drug-likeness (QED) is 0.564. The highest BCUT2D eigenvalue weighted by molar-refractivity contribution is 7.22. The molecule has 2 heterocycles. The first-order valence-electron chi connectivity index (χ1n) is 9.90. The minimum atomic E-state index is -0.0942. The minimum Gasteiger partial charge on any atom is -0.302 e. The fourth-order valence-electron chi connectivity index (χ4n) is 3.13. The zero-order chi connectivity index (χ0) is 20.3. The molecule has 0 fully saturated rings. The molecule has 0 radical (unpaired) electrons. The molecule has 0 aliphatic carbocycles. The van der Waals surface area contributed by atoms with Crippen molar-refractivity contribution in [1.29, 1.82) is 0 Å². The summed E-state index contributed by atoms with van der Waals surface area (Å²) < 4.78 is 2.92. The summed E-state index contributed by atoms with van der Waals surface area (Å²) in [5.74, 6) is -0.0942. The topological polar surface area (TPSA) is 54.3 Å². The Labute approximate surface area is 170 Å². The van der Waals surface area contributed by atoms with Crippen LogP contribution in [0.3, 0.4) is 0 Å². The third-order valence-corrected chi connectivity index (χ3v) is 6.02. The molecule has 0 aliphatic heterocycles. The summed E-state index contributed by atoms with van der Waals surface area (Å²) in [4.78, 5) is 22.2. The monoisotopic (exact) mass is 399 g/mol. The number of fused-ring (bicyclic) bond motifs is 1. The van der Waals surface area contributed by atoms with Gasteiger partial charge in [0.25, 0.3) is 5.91 Å².